The highest BCUT2D eigenvalue weighted by atomic mass is 16.5. The molecule has 0 saturated heterocycles. The predicted octanol–water partition coefficient (Wildman–Crippen LogP) is 4.01. The quantitative estimate of drug-likeness (QED) is 0.619. The molecular formula is C23H23N3O4. The van der Waals surface area contributed by atoms with Crippen molar-refractivity contribution in [3.05, 3.63) is 76.7 Å². The highest BCUT2D eigenvalue weighted by Crippen LogP contribution is 2.21. The van der Waals surface area contributed by atoms with Crippen LogP contribution >= 0.6 is 0 Å². The minimum atomic E-state index is -0.280. The van der Waals surface area contributed by atoms with Crippen LogP contribution in [0.1, 0.15) is 50.6 Å². The Morgan fingerprint density at radius 3 is 2.50 bits per heavy atom. The van der Waals surface area contributed by atoms with E-state index in [1.807, 2.05) is 13.8 Å². The Hall–Kier alpha value is -3.61. The van der Waals surface area contributed by atoms with Crippen molar-refractivity contribution in [1.29, 1.82) is 0 Å². The number of ether oxygens (including phenoxy) is 1. The lowest BCUT2D eigenvalue weighted by Crippen LogP contribution is -2.25. The molecule has 7 nitrogen and oxygen atoms in total. The Bertz CT molecular complexity index is 1070. The minimum absolute atomic E-state index is 0.122. The summed E-state index contributed by atoms with van der Waals surface area (Å²) < 4.78 is 11.0. The molecule has 2 N–H and O–H groups in total. The van der Waals surface area contributed by atoms with E-state index < -0.39 is 0 Å². The molecule has 1 fully saturated rings. The predicted molar refractivity (Wildman–Crippen MR) is 112 cm³/mol. The van der Waals surface area contributed by atoms with Gasteiger partial charge in [0.15, 0.2) is 0 Å². The first-order chi connectivity index (χ1) is 14.5. The maximum Gasteiger partial charge on any atom is 0.255 e. The van der Waals surface area contributed by atoms with Gasteiger partial charge in [-0.05, 0) is 63.1 Å². The topological polar surface area (TPSA) is 93.5 Å². The number of nitrogens with one attached hydrogen (secondary N) is 2. The van der Waals surface area contributed by atoms with E-state index >= 15 is 0 Å². The van der Waals surface area contributed by atoms with Gasteiger partial charge in [0.1, 0.15) is 18.1 Å². The molecule has 154 valence electrons. The van der Waals surface area contributed by atoms with Crippen LogP contribution in [0.25, 0.3) is 0 Å². The van der Waals surface area contributed by atoms with Gasteiger partial charge in [0.05, 0.1) is 11.3 Å². The Kier molecular flexibility index (Phi) is 5.52. The third-order valence-electron chi connectivity index (χ3n) is 4.96. The Morgan fingerprint density at radius 1 is 1.07 bits per heavy atom. The number of amides is 2. The molecule has 1 aromatic heterocycles. The van der Waals surface area contributed by atoms with Crippen LogP contribution in [0.3, 0.4) is 0 Å². The minimum Gasteiger partial charge on any atom is -0.489 e. The van der Waals surface area contributed by atoms with E-state index in [-0.39, 0.29) is 17.9 Å². The van der Waals surface area contributed by atoms with Crippen molar-refractivity contribution < 1.29 is 18.8 Å². The molecule has 0 bridgehead atoms. The van der Waals surface area contributed by atoms with Crippen molar-refractivity contribution in [2.24, 2.45) is 0 Å². The van der Waals surface area contributed by atoms with E-state index in [4.69, 9.17) is 9.26 Å². The van der Waals surface area contributed by atoms with Gasteiger partial charge in [0.2, 0.25) is 0 Å². The van der Waals surface area contributed by atoms with Gasteiger partial charge in [-0.25, -0.2) is 0 Å². The number of hydrogen-bond acceptors (Lipinski definition) is 5. The molecule has 1 aliphatic rings. The summed E-state index contributed by atoms with van der Waals surface area (Å²) >= 11 is 0. The normalized spacial score (nSPS) is 13.0. The Morgan fingerprint density at radius 2 is 1.80 bits per heavy atom. The molecule has 1 heterocycles. The molecule has 2 aromatic carbocycles. The van der Waals surface area contributed by atoms with Gasteiger partial charge in [-0.15, -0.1) is 0 Å². The lowest BCUT2D eigenvalue weighted by molar-refractivity contribution is 0.0949. The number of hydrogen-bond donors (Lipinski definition) is 2. The highest BCUT2D eigenvalue weighted by Gasteiger charge is 2.23. The summed E-state index contributed by atoms with van der Waals surface area (Å²) in [5.74, 6) is 0.882. The molecule has 4 rings (SSSR count). The molecule has 7 heteroatoms. The Balaban J connectivity index is 1.41. The van der Waals surface area contributed by atoms with E-state index in [0.717, 1.165) is 24.1 Å². The third-order valence-corrected chi connectivity index (χ3v) is 4.96. The number of carbonyl (C=O) groups is 2. The molecule has 30 heavy (non-hydrogen) atoms. The van der Waals surface area contributed by atoms with Crippen molar-refractivity contribution in [2.75, 3.05) is 5.32 Å². The molecule has 1 aliphatic carbocycles. The van der Waals surface area contributed by atoms with E-state index in [9.17, 15) is 9.59 Å². The second kappa shape index (κ2) is 8.41. The molecular weight excluding hydrogens is 382 g/mol. The first-order valence-electron chi connectivity index (χ1n) is 9.86. The molecule has 0 aliphatic heterocycles. The fourth-order valence-corrected chi connectivity index (χ4v) is 3.03. The fourth-order valence-electron chi connectivity index (χ4n) is 3.03. The number of benzene rings is 2. The number of nitrogens with zero attached hydrogens (tertiary/aromatic N) is 1. The van der Waals surface area contributed by atoms with Crippen molar-refractivity contribution in [3.63, 3.8) is 0 Å². The molecule has 0 radical (unpaired) electrons. The Labute approximate surface area is 174 Å². The zero-order chi connectivity index (χ0) is 21.1. The summed E-state index contributed by atoms with van der Waals surface area (Å²) in [7, 11) is 0. The first kappa shape index (κ1) is 19.7. The third kappa shape index (κ3) is 4.68. The maximum absolute atomic E-state index is 12.7. The van der Waals surface area contributed by atoms with E-state index in [0.29, 0.717) is 34.9 Å². The van der Waals surface area contributed by atoms with Gasteiger partial charge in [0, 0.05) is 22.9 Å². The van der Waals surface area contributed by atoms with Crippen molar-refractivity contribution in [2.45, 2.75) is 39.3 Å². The molecule has 2 amide bonds. The molecule has 0 atom stereocenters. The van der Waals surface area contributed by atoms with Crippen LogP contribution in [-0.2, 0) is 6.61 Å². The van der Waals surface area contributed by atoms with E-state index in [1.165, 1.54) is 0 Å². The fraction of sp³-hybridized carbons (Fsp3) is 0.261. The van der Waals surface area contributed by atoms with E-state index in [2.05, 4.69) is 15.8 Å². The zero-order valence-corrected chi connectivity index (χ0v) is 16.9. The van der Waals surface area contributed by atoms with Gasteiger partial charge in [-0.1, -0.05) is 17.3 Å². The number of carbonyl (C=O) groups excluding carboxylic acids is 2. The monoisotopic (exact) mass is 405 g/mol. The van der Waals surface area contributed by atoms with Crippen LogP contribution in [0.5, 0.6) is 5.75 Å². The maximum atomic E-state index is 12.7. The lowest BCUT2D eigenvalue weighted by Gasteiger charge is -2.10. The summed E-state index contributed by atoms with van der Waals surface area (Å²) in [5, 5.41) is 9.69. The van der Waals surface area contributed by atoms with Gasteiger partial charge in [-0.2, -0.15) is 0 Å². The number of anilines is 1. The summed E-state index contributed by atoms with van der Waals surface area (Å²) in [6.07, 6.45) is 2.05. The largest absolute Gasteiger partial charge is 0.489 e. The summed E-state index contributed by atoms with van der Waals surface area (Å²) in [6.45, 7) is 4.00. The molecule has 0 unspecified atom stereocenters. The summed E-state index contributed by atoms with van der Waals surface area (Å²) in [5.41, 5.74) is 3.22. The number of aryl methyl sites for hydroxylation is 2. The van der Waals surface area contributed by atoms with Crippen molar-refractivity contribution >= 4 is 17.5 Å². The van der Waals surface area contributed by atoms with Crippen LogP contribution in [0.4, 0.5) is 5.69 Å². The molecule has 3 aromatic rings. The van der Waals surface area contributed by atoms with Crippen LogP contribution in [0.2, 0.25) is 0 Å². The van der Waals surface area contributed by atoms with Crippen LogP contribution in [-0.4, -0.2) is 23.0 Å². The van der Waals surface area contributed by atoms with Gasteiger partial charge in [-0.3, -0.25) is 9.59 Å². The zero-order valence-electron chi connectivity index (χ0n) is 16.9. The van der Waals surface area contributed by atoms with Gasteiger partial charge >= 0.3 is 0 Å². The molecule has 0 spiro atoms. The second-order valence-corrected chi connectivity index (χ2v) is 7.40. The highest BCUT2D eigenvalue weighted by molar-refractivity contribution is 6.05. The summed E-state index contributed by atoms with van der Waals surface area (Å²) in [6, 6.07) is 14.1. The van der Waals surface area contributed by atoms with Crippen LogP contribution in [0.15, 0.2) is 53.1 Å². The van der Waals surface area contributed by atoms with Crippen LogP contribution < -0.4 is 15.4 Å². The first-order valence-corrected chi connectivity index (χ1v) is 9.86. The average Bonchev–Trinajstić information content (AvgIpc) is 3.50. The molecule has 1 saturated carbocycles. The number of rotatable bonds is 7. The standard InChI is InChI=1S/C23H23N3O4/c1-14-21(15(2)30-26-14)13-29-20-8-4-6-17(12-20)23(28)25-19-7-3-5-16(11-19)22(27)24-18-9-10-18/h3-8,11-12,18H,9-10,13H2,1-2H3,(H,24,27)(H,25,28). The van der Waals surface area contributed by atoms with Gasteiger partial charge in [0.25, 0.3) is 11.8 Å². The van der Waals surface area contributed by atoms with E-state index in [1.54, 1.807) is 48.5 Å². The SMILES string of the molecule is Cc1noc(C)c1COc1cccc(C(=O)Nc2cccc(C(=O)NC3CC3)c2)c1. The van der Waals surface area contributed by atoms with Crippen molar-refractivity contribution in [3.8, 4) is 5.75 Å². The van der Waals surface area contributed by atoms with Crippen molar-refractivity contribution in [1.82, 2.24) is 10.5 Å². The second-order valence-electron chi connectivity index (χ2n) is 7.40. The summed E-state index contributed by atoms with van der Waals surface area (Å²) in [4.78, 5) is 24.9. The lowest BCUT2D eigenvalue weighted by atomic mass is 10.1. The van der Waals surface area contributed by atoms with Gasteiger partial charge < -0.3 is 19.9 Å². The average molecular weight is 405 g/mol. The smallest absolute Gasteiger partial charge is 0.255 e. The van der Waals surface area contributed by atoms with Crippen LogP contribution in [0, 0.1) is 13.8 Å². The number of aromatic nitrogens is 1.